The third-order valence-electron chi connectivity index (χ3n) is 1.93. The lowest BCUT2D eigenvalue weighted by atomic mass is 10.5. The molecule has 7 nitrogen and oxygen atoms in total. The van der Waals surface area contributed by atoms with Crippen molar-refractivity contribution in [2.75, 3.05) is 5.73 Å². The summed E-state index contributed by atoms with van der Waals surface area (Å²) in [5.74, 6) is -0.600. The molecule has 0 aromatic carbocycles. The van der Waals surface area contributed by atoms with Crippen LogP contribution in [-0.2, 0) is 4.79 Å². The normalized spacial score (nSPS) is 12.8. The fourth-order valence-electron chi connectivity index (χ4n) is 1.10. The number of nitrogens with zero attached hydrogens (tertiary/aromatic N) is 3. The zero-order valence-electron chi connectivity index (χ0n) is 8.34. The fourth-order valence-corrected chi connectivity index (χ4v) is 1.83. The highest BCUT2D eigenvalue weighted by atomic mass is 32.2. The lowest BCUT2D eigenvalue weighted by molar-refractivity contribution is -0.136. The number of carbonyl (C=O) groups is 1. The SMILES string of the molecule is C[C@@H](Sc1nc2ncnc(N)c2[nH]1)C(=O)O. The van der Waals surface area contributed by atoms with Gasteiger partial charge in [-0.15, -0.1) is 0 Å². The predicted octanol–water partition coefficient (Wildman–Crippen LogP) is 0.500. The first-order valence-corrected chi connectivity index (χ1v) is 5.31. The van der Waals surface area contributed by atoms with E-state index < -0.39 is 11.2 Å². The first-order chi connectivity index (χ1) is 7.58. The van der Waals surface area contributed by atoms with Gasteiger partial charge >= 0.3 is 5.97 Å². The molecule has 0 radical (unpaired) electrons. The van der Waals surface area contributed by atoms with Gasteiger partial charge in [0.2, 0.25) is 0 Å². The number of nitrogens with one attached hydrogen (secondary N) is 1. The van der Waals surface area contributed by atoms with Gasteiger partial charge in [0, 0.05) is 0 Å². The third-order valence-corrected chi connectivity index (χ3v) is 2.90. The second-order valence-electron chi connectivity index (χ2n) is 3.10. The van der Waals surface area contributed by atoms with Crippen molar-refractivity contribution >= 4 is 34.7 Å². The van der Waals surface area contributed by atoms with Crippen molar-refractivity contribution < 1.29 is 9.90 Å². The number of hydrogen-bond donors (Lipinski definition) is 3. The lowest BCUT2D eigenvalue weighted by Crippen LogP contribution is -2.11. The van der Waals surface area contributed by atoms with Crippen molar-refractivity contribution in [3.8, 4) is 0 Å². The topological polar surface area (TPSA) is 118 Å². The second kappa shape index (κ2) is 3.97. The van der Waals surface area contributed by atoms with E-state index in [1.807, 2.05) is 0 Å². The van der Waals surface area contributed by atoms with Crippen LogP contribution in [0.25, 0.3) is 11.2 Å². The molecule has 2 rings (SSSR count). The largest absolute Gasteiger partial charge is 0.480 e. The molecule has 0 aliphatic heterocycles. The molecule has 0 bridgehead atoms. The van der Waals surface area contributed by atoms with E-state index in [1.165, 1.54) is 6.33 Å². The summed E-state index contributed by atoms with van der Waals surface area (Å²) in [7, 11) is 0. The summed E-state index contributed by atoms with van der Waals surface area (Å²) in [5, 5.41) is 8.64. The maximum Gasteiger partial charge on any atom is 0.316 e. The molecule has 2 aromatic rings. The van der Waals surface area contributed by atoms with Gasteiger partial charge in [0.1, 0.15) is 17.1 Å². The number of aliphatic carboxylic acids is 1. The molecular weight excluding hydrogens is 230 g/mol. The van der Waals surface area contributed by atoms with Gasteiger partial charge in [-0.25, -0.2) is 15.0 Å². The Morgan fingerprint density at radius 3 is 3.00 bits per heavy atom. The number of aromatic nitrogens is 4. The van der Waals surface area contributed by atoms with Crippen LogP contribution in [0.3, 0.4) is 0 Å². The Labute approximate surface area is 94.5 Å². The van der Waals surface area contributed by atoms with Crippen LogP contribution in [0.4, 0.5) is 5.82 Å². The van der Waals surface area contributed by atoms with Crippen LogP contribution < -0.4 is 5.73 Å². The molecule has 2 aromatic heterocycles. The van der Waals surface area contributed by atoms with Crippen molar-refractivity contribution in [3.63, 3.8) is 0 Å². The Hall–Kier alpha value is -1.83. The molecule has 0 spiro atoms. The van der Waals surface area contributed by atoms with Gasteiger partial charge in [0.25, 0.3) is 0 Å². The highest BCUT2D eigenvalue weighted by molar-refractivity contribution is 8.00. The molecule has 0 fully saturated rings. The van der Waals surface area contributed by atoms with E-state index >= 15 is 0 Å². The number of thioether (sulfide) groups is 1. The molecule has 84 valence electrons. The molecule has 0 saturated heterocycles. The van der Waals surface area contributed by atoms with Gasteiger partial charge < -0.3 is 15.8 Å². The monoisotopic (exact) mass is 239 g/mol. The third kappa shape index (κ3) is 1.91. The molecule has 8 heteroatoms. The number of anilines is 1. The van der Waals surface area contributed by atoms with E-state index in [0.717, 1.165) is 11.8 Å². The van der Waals surface area contributed by atoms with Crippen molar-refractivity contribution in [3.05, 3.63) is 6.33 Å². The molecule has 0 saturated carbocycles. The standard InChI is InChI=1S/C8H9N5O2S/c1-3(7(14)15)16-8-12-4-5(9)10-2-11-6(4)13-8/h2-3H,1H3,(H,14,15)(H3,9,10,11,12,13)/t3-/m1/s1. The van der Waals surface area contributed by atoms with E-state index in [0.29, 0.717) is 22.1 Å². The molecule has 0 unspecified atom stereocenters. The first-order valence-electron chi connectivity index (χ1n) is 4.43. The quantitative estimate of drug-likeness (QED) is 0.667. The predicted molar refractivity (Wildman–Crippen MR) is 59.1 cm³/mol. The molecule has 4 N–H and O–H groups in total. The summed E-state index contributed by atoms with van der Waals surface area (Å²) in [5.41, 5.74) is 6.58. The number of carboxylic acids is 1. The highest BCUT2D eigenvalue weighted by Gasteiger charge is 2.16. The number of aromatic amines is 1. The van der Waals surface area contributed by atoms with E-state index in [1.54, 1.807) is 6.92 Å². The van der Waals surface area contributed by atoms with Gasteiger partial charge in [0.15, 0.2) is 16.6 Å². The minimum absolute atomic E-state index is 0.298. The maximum atomic E-state index is 10.7. The maximum absolute atomic E-state index is 10.7. The second-order valence-corrected chi connectivity index (χ2v) is 4.43. The number of fused-ring (bicyclic) bond motifs is 1. The molecule has 0 amide bonds. The van der Waals surface area contributed by atoms with E-state index in [2.05, 4.69) is 19.9 Å². The minimum Gasteiger partial charge on any atom is -0.480 e. The summed E-state index contributed by atoms with van der Waals surface area (Å²) in [6.45, 7) is 1.58. The summed E-state index contributed by atoms with van der Waals surface area (Å²) in [6, 6.07) is 0. The summed E-state index contributed by atoms with van der Waals surface area (Å²) >= 11 is 1.10. The minimum atomic E-state index is -0.899. The van der Waals surface area contributed by atoms with Crippen molar-refractivity contribution in [2.45, 2.75) is 17.3 Å². The molecule has 2 heterocycles. The number of carboxylic acid groups (broad SMARTS) is 1. The Morgan fingerprint density at radius 2 is 2.38 bits per heavy atom. The fraction of sp³-hybridized carbons (Fsp3) is 0.250. The van der Waals surface area contributed by atoms with Crippen molar-refractivity contribution in [2.24, 2.45) is 0 Å². The zero-order valence-corrected chi connectivity index (χ0v) is 9.15. The van der Waals surface area contributed by atoms with Crippen LogP contribution in [0.15, 0.2) is 11.5 Å². The van der Waals surface area contributed by atoms with Gasteiger partial charge in [-0.05, 0) is 6.92 Å². The summed E-state index contributed by atoms with van der Waals surface area (Å²) in [4.78, 5) is 25.4. The van der Waals surface area contributed by atoms with Crippen LogP contribution in [0.1, 0.15) is 6.92 Å². The van der Waals surface area contributed by atoms with Crippen LogP contribution >= 0.6 is 11.8 Å². The van der Waals surface area contributed by atoms with E-state index in [9.17, 15) is 4.79 Å². The van der Waals surface area contributed by atoms with Gasteiger partial charge in [-0.1, -0.05) is 11.8 Å². The first kappa shape index (κ1) is 10.7. The Morgan fingerprint density at radius 1 is 1.62 bits per heavy atom. The number of rotatable bonds is 3. The highest BCUT2D eigenvalue weighted by Crippen LogP contribution is 2.23. The molecule has 1 atom stereocenters. The van der Waals surface area contributed by atoms with Gasteiger partial charge in [-0.3, -0.25) is 4.79 Å². The summed E-state index contributed by atoms with van der Waals surface area (Å²) in [6.07, 6.45) is 1.31. The number of nitrogen functional groups attached to an aromatic ring is 1. The Kier molecular flexibility index (Phi) is 2.65. The van der Waals surface area contributed by atoms with Gasteiger partial charge in [-0.2, -0.15) is 0 Å². The number of imidazole rings is 1. The Bertz CT molecular complexity index is 540. The molecular formula is C8H9N5O2S. The van der Waals surface area contributed by atoms with E-state index in [-0.39, 0.29) is 0 Å². The van der Waals surface area contributed by atoms with E-state index in [4.69, 9.17) is 10.8 Å². The van der Waals surface area contributed by atoms with Gasteiger partial charge in [0.05, 0.1) is 0 Å². The zero-order chi connectivity index (χ0) is 11.7. The van der Waals surface area contributed by atoms with Crippen LogP contribution in [0, 0.1) is 0 Å². The average Bonchev–Trinajstić information content (AvgIpc) is 2.61. The van der Waals surface area contributed by atoms with Crippen molar-refractivity contribution in [1.82, 2.24) is 19.9 Å². The van der Waals surface area contributed by atoms with Crippen LogP contribution in [-0.4, -0.2) is 36.3 Å². The average molecular weight is 239 g/mol. The molecule has 0 aliphatic rings. The number of nitrogens with two attached hydrogens (primary N) is 1. The number of hydrogen-bond acceptors (Lipinski definition) is 6. The smallest absolute Gasteiger partial charge is 0.316 e. The number of H-pyrrole nitrogens is 1. The van der Waals surface area contributed by atoms with Crippen molar-refractivity contribution in [1.29, 1.82) is 0 Å². The van der Waals surface area contributed by atoms with Crippen LogP contribution in [0.2, 0.25) is 0 Å². The Balaban J connectivity index is 2.33. The molecule has 16 heavy (non-hydrogen) atoms. The lowest BCUT2D eigenvalue weighted by Gasteiger charge is -2.00. The van der Waals surface area contributed by atoms with Crippen LogP contribution in [0.5, 0.6) is 0 Å². The summed E-state index contributed by atoms with van der Waals surface area (Å²) < 4.78 is 0. The molecule has 0 aliphatic carbocycles.